The second-order valence-electron chi connectivity index (χ2n) is 6.79. The second kappa shape index (κ2) is 7.14. The molecule has 2 heterocycles. The lowest BCUT2D eigenvalue weighted by Crippen LogP contribution is -2.42. The van der Waals surface area contributed by atoms with E-state index in [-0.39, 0.29) is 23.3 Å². The van der Waals surface area contributed by atoms with Gasteiger partial charge in [-0.3, -0.25) is 4.79 Å². The Morgan fingerprint density at radius 1 is 1.12 bits per heavy atom. The molecular formula is C17H23BrN2O3S. The van der Waals surface area contributed by atoms with Crippen LogP contribution in [-0.2, 0) is 14.8 Å². The van der Waals surface area contributed by atoms with Gasteiger partial charge in [0.1, 0.15) is 0 Å². The maximum Gasteiger partial charge on any atom is 0.244 e. The first-order valence-electron chi connectivity index (χ1n) is 8.43. The van der Waals surface area contributed by atoms with Crippen LogP contribution < -0.4 is 0 Å². The summed E-state index contributed by atoms with van der Waals surface area (Å²) in [6.07, 6.45) is 2.68. The van der Waals surface area contributed by atoms with Crippen molar-refractivity contribution in [2.24, 2.45) is 11.8 Å². The zero-order valence-electron chi connectivity index (χ0n) is 13.8. The quantitative estimate of drug-likeness (QED) is 0.763. The predicted molar refractivity (Wildman–Crippen MR) is 96.0 cm³/mol. The van der Waals surface area contributed by atoms with E-state index in [1.165, 1.54) is 4.31 Å². The Bertz CT molecular complexity index is 714. The van der Waals surface area contributed by atoms with Crippen LogP contribution in [0.2, 0.25) is 0 Å². The zero-order valence-corrected chi connectivity index (χ0v) is 16.2. The summed E-state index contributed by atoms with van der Waals surface area (Å²) in [6.45, 7) is 4.50. The van der Waals surface area contributed by atoms with Gasteiger partial charge in [-0.15, -0.1) is 0 Å². The van der Waals surface area contributed by atoms with Crippen LogP contribution in [0.5, 0.6) is 0 Å². The normalized spacial score (nSPS) is 23.6. The molecule has 1 atom stereocenters. The number of sulfonamides is 1. The molecule has 24 heavy (non-hydrogen) atoms. The molecule has 0 spiro atoms. The number of benzene rings is 1. The topological polar surface area (TPSA) is 57.7 Å². The fraction of sp³-hybridized carbons (Fsp3) is 0.588. The molecular weight excluding hydrogens is 392 g/mol. The van der Waals surface area contributed by atoms with Crippen LogP contribution in [-0.4, -0.2) is 49.7 Å². The molecule has 0 saturated carbocycles. The number of hydrogen-bond acceptors (Lipinski definition) is 3. The van der Waals surface area contributed by atoms with Gasteiger partial charge in [0.15, 0.2) is 0 Å². The fourth-order valence-electron chi connectivity index (χ4n) is 3.43. The largest absolute Gasteiger partial charge is 0.342 e. The Kier molecular flexibility index (Phi) is 5.32. The third-order valence-electron chi connectivity index (χ3n) is 5.05. The van der Waals surface area contributed by atoms with E-state index < -0.39 is 10.0 Å². The lowest BCUT2D eigenvalue weighted by Gasteiger charge is -2.32. The van der Waals surface area contributed by atoms with Gasteiger partial charge in [-0.05, 0) is 53.2 Å². The first-order valence-corrected chi connectivity index (χ1v) is 10.7. The molecule has 7 heteroatoms. The molecule has 1 aromatic carbocycles. The van der Waals surface area contributed by atoms with Crippen molar-refractivity contribution in [3.05, 3.63) is 28.7 Å². The van der Waals surface area contributed by atoms with Crippen molar-refractivity contribution in [3.8, 4) is 0 Å². The summed E-state index contributed by atoms with van der Waals surface area (Å²) in [6, 6.07) is 6.82. The van der Waals surface area contributed by atoms with E-state index in [1.807, 2.05) is 4.90 Å². The Morgan fingerprint density at radius 3 is 2.46 bits per heavy atom. The van der Waals surface area contributed by atoms with Gasteiger partial charge in [0.05, 0.1) is 10.8 Å². The molecule has 1 aromatic rings. The predicted octanol–water partition coefficient (Wildman–Crippen LogP) is 2.72. The summed E-state index contributed by atoms with van der Waals surface area (Å²) in [7, 11) is -3.56. The Morgan fingerprint density at radius 2 is 1.79 bits per heavy atom. The van der Waals surface area contributed by atoms with Crippen LogP contribution in [0.4, 0.5) is 0 Å². The lowest BCUT2D eigenvalue weighted by atomic mass is 9.97. The fourth-order valence-corrected chi connectivity index (χ4v) is 5.89. The monoisotopic (exact) mass is 414 g/mol. The molecule has 3 rings (SSSR count). The van der Waals surface area contributed by atoms with E-state index in [4.69, 9.17) is 0 Å². The molecule has 1 unspecified atom stereocenters. The highest BCUT2D eigenvalue weighted by Gasteiger charge is 2.38. The Hall–Kier alpha value is -0.920. The van der Waals surface area contributed by atoms with Crippen LogP contribution in [0.3, 0.4) is 0 Å². The number of hydrogen-bond donors (Lipinski definition) is 0. The summed E-state index contributed by atoms with van der Waals surface area (Å²) in [5.41, 5.74) is 0. The highest BCUT2D eigenvalue weighted by Crippen LogP contribution is 2.30. The van der Waals surface area contributed by atoms with Crippen molar-refractivity contribution in [2.45, 2.75) is 31.1 Å². The highest BCUT2D eigenvalue weighted by molar-refractivity contribution is 9.10. The SMILES string of the molecule is CC1CCN(C(=O)C2CCN(S(=O)(=O)c3ccccc3Br)C2)CC1. The molecule has 0 radical (unpaired) electrons. The van der Waals surface area contributed by atoms with Crippen molar-refractivity contribution in [2.75, 3.05) is 26.2 Å². The van der Waals surface area contributed by atoms with Gasteiger partial charge >= 0.3 is 0 Å². The number of amides is 1. The molecule has 2 aliphatic heterocycles. The van der Waals surface area contributed by atoms with E-state index in [1.54, 1.807) is 24.3 Å². The van der Waals surface area contributed by atoms with Gasteiger partial charge in [-0.25, -0.2) is 8.42 Å². The molecule has 1 amide bonds. The molecule has 0 bridgehead atoms. The minimum Gasteiger partial charge on any atom is -0.342 e. The first-order chi connectivity index (χ1) is 11.4. The Balaban J connectivity index is 1.69. The van der Waals surface area contributed by atoms with Crippen molar-refractivity contribution < 1.29 is 13.2 Å². The molecule has 0 N–H and O–H groups in total. The summed E-state index contributed by atoms with van der Waals surface area (Å²) < 4.78 is 27.6. The summed E-state index contributed by atoms with van der Waals surface area (Å²) in [5, 5.41) is 0. The van der Waals surface area contributed by atoms with Crippen LogP contribution in [0, 0.1) is 11.8 Å². The number of carbonyl (C=O) groups excluding carboxylic acids is 1. The van der Waals surface area contributed by atoms with Gasteiger partial charge in [-0.1, -0.05) is 19.1 Å². The van der Waals surface area contributed by atoms with Gasteiger partial charge in [-0.2, -0.15) is 4.31 Å². The number of likely N-dealkylation sites (tertiary alicyclic amines) is 1. The summed E-state index contributed by atoms with van der Waals surface area (Å²) >= 11 is 3.31. The lowest BCUT2D eigenvalue weighted by molar-refractivity contribution is -0.136. The van der Waals surface area contributed by atoms with Crippen LogP contribution in [0.15, 0.2) is 33.6 Å². The Labute approximate surface area is 152 Å². The number of nitrogens with zero attached hydrogens (tertiary/aromatic N) is 2. The first kappa shape index (κ1) is 17.9. The highest BCUT2D eigenvalue weighted by atomic mass is 79.9. The maximum absolute atomic E-state index is 12.8. The number of carbonyl (C=O) groups is 1. The summed E-state index contributed by atoms with van der Waals surface area (Å²) in [5.74, 6) is 0.576. The van der Waals surface area contributed by atoms with E-state index >= 15 is 0 Å². The van der Waals surface area contributed by atoms with Crippen LogP contribution in [0.25, 0.3) is 0 Å². The molecule has 0 aromatic heterocycles. The van der Waals surface area contributed by atoms with Crippen molar-refractivity contribution >= 4 is 31.9 Å². The molecule has 0 aliphatic carbocycles. The summed E-state index contributed by atoms with van der Waals surface area (Å²) in [4.78, 5) is 14.9. The standard InChI is InChI=1S/C17H23BrN2O3S/c1-13-6-9-19(10-7-13)17(21)14-8-11-20(12-14)24(22,23)16-5-3-2-4-15(16)18/h2-5,13-14H,6-12H2,1H3. The van der Waals surface area contributed by atoms with E-state index in [9.17, 15) is 13.2 Å². The van der Waals surface area contributed by atoms with E-state index in [0.717, 1.165) is 25.9 Å². The molecule has 2 saturated heterocycles. The average molecular weight is 415 g/mol. The zero-order chi connectivity index (χ0) is 17.3. The van der Waals surface area contributed by atoms with Crippen molar-refractivity contribution in [1.82, 2.24) is 9.21 Å². The van der Waals surface area contributed by atoms with Crippen LogP contribution >= 0.6 is 15.9 Å². The van der Waals surface area contributed by atoms with Gasteiger partial charge in [0.25, 0.3) is 0 Å². The smallest absolute Gasteiger partial charge is 0.244 e. The minimum atomic E-state index is -3.56. The number of piperidine rings is 1. The molecule has 2 aliphatic rings. The molecule has 2 fully saturated rings. The molecule has 132 valence electrons. The minimum absolute atomic E-state index is 0.117. The van der Waals surface area contributed by atoms with E-state index in [0.29, 0.717) is 23.4 Å². The average Bonchev–Trinajstić information content (AvgIpc) is 3.06. The van der Waals surface area contributed by atoms with Crippen LogP contribution in [0.1, 0.15) is 26.2 Å². The van der Waals surface area contributed by atoms with Gasteiger partial charge in [0, 0.05) is 30.7 Å². The number of halogens is 1. The third kappa shape index (κ3) is 3.53. The van der Waals surface area contributed by atoms with E-state index in [2.05, 4.69) is 22.9 Å². The maximum atomic E-state index is 12.8. The molecule has 5 nitrogen and oxygen atoms in total. The van der Waals surface area contributed by atoms with Crippen molar-refractivity contribution in [3.63, 3.8) is 0 Å². The third-order valence-corrected chi connectivity index (χ3v) is 7.93. The number of rotatable bonds is 3. The van der Waals surface area contributed by atoms with Gasteiger partial charge in [0.2, 0.25) is 15.9 Å². The van der Waals surface area contributed by atoms with Gasteiger partial charge < -0.3 is 4.90 Å². The second-order valence-corrected chi connectivity index (χ2v) is 9.55. The van der Waals surface area contributed by atoms with Crippen molar-refractivity contribution in [1.29, 1.82) is 0 Å².